The molecule has 0 radical (unpaired) electrons. The van der Waals surface area contributed by atoms with Gasteiger partial charge in [0.15, 0.2) is 5.69 Å². The van der Waals surface area contributed by atoms with E-state index in [1.54, 1.807) is 0 Å². The summed E-state index contributed by atoms with van der Waals surface area (Å²) >= 11 is 0. The van der Waals surface area contributed by atoms with Crippen LogP contribution in [0.4, 0.5) is 0 Å². The summed E-state index contributed by atoms with van der Waals surface area (Å²) in [5.74, 6) is 0.638. The van der Waals surface area contributed by atoms with Crippen LogP contribution in [0.3, 0.4) is 0 Å². The van der Waals surface area contributed by atoms with Crippen LogP contribution in [0.25, 0.3) is 5.69 Å². The van der Waals surface area contributed by atoms with Gasteiger partial charge in [-0.25, -0.2) is 4.68 Å². The number of rotatable bonds is 6. The molecule has 138 valence electrons. The van der Waals surface area contributed by atoms with Gasteiger partial charge in [-0.2, -0.15) is 5.10 Å². The Bertz CT molecular complexity index is 898. The molecule has 0 bridgehead atoms. The highest BCUT2D eigenvalue weighted by molar-refractivity contribution is 5.92. The minimum atomic E-state index is 0.0172. The minimum absolute atomic E-state index is 0.0172. The van der Waals surface area contributed by atoms with Crippen molar-refractivity contribution in [3.8, 4) is 5.69 Å². The van der Waals surface area contributed by atoms with Crippen molar-refractivity contribution in [3.63, 3.8) is 0 Å². The van der Waals surface area contributed by atoms with Crippen molar-refractivity contribution in [1.82, 2.24) is 14.7 Å². The van der Waals surface area contributed by atoms with Gasteiger partial charge in [0.1, 0.15) is 0 Å². The second-order valence-corrected chi connectivity index (χ2v) is 7.39. The van der Waals surface area contributed by atoms with Gasteiger partial charge in [-0.3, -0.25) is 4.79 Å². The second-order valence-electron chi connectivity index (χ2n) is 7.39. The number of amides is 1. The predicted molar refractivity (Wildman–Crippen MR) is 107 cm³/mol. The second kappa shape index (κ2) is 7.78. The van der Waals surface area contributed by atoms with Crippen molar-refractivity contribution in [2.75, 3.05) is 6.54 Å². The Labute approximate surface area is 160 Å². The molecule has 1 heterocycles. The number of nitrogens with zero attached hydrogens (tertiary/aromatic N) is 3. The first-order chi connectivity index (χ1) is 13.2. The molecule has 0 atom stereocenters. The highest BCUT2D eigenvalue weighted by atomic mass is 16.2. The van der Waals surface area contributed by atoms with E-state index in [4.69, 9.17) is 0 Å². The molecule has 0 N–H and O–H groups in total. The van der Waals surface area contributed by atoms with Crippen molar-refractivity contribution in [2.45, 2.75) is 32.7 Å². The fraction of sp³-hybridized carbons (Fsp3) is 0.304. The van der Waals surface area contributed by atoms with E-state index in [9.17, 15) is 4.79 Å². The quantitative estimate of drug-likeness (QED) is 0.644. The number of aromatic nitrogens is 2. The van der Waals surface area contributed by atoms with Crippen LogP contribution in [0.5, 0.6) is 0 Å². The molecule has 1 aliphatic rings. The first-order valence-electron chi connectivity index (χ1n) is 9.66. The molecule has 0 saturated heterocycles. The summed E-state index contributed by atoms with van der Waals surface area (Å²) in [7, 11) is 0. The summed E-state index contributed by atoms with van der Waals surface area (Å²) in [6.45, 7) is 3.43. The fourth-order valence-corrected chi connectivity index (χ4v) is 3.58. The zero-order valence-electron chi connectivity index (χ0n) is 15.7. The summed E-state index contributed by atoms with van der Waals surface area (Å²) in [5, 5.41) is 4.62. The number of benzene rings is 2. The summed E-state index contributed by atoms with van der Waals surface area (Å²) in [6, 6.07) is 22.1. The lowest BCUT2D eigenvalue weighted by Gasteiger charge is -2.32. The van der Waals surface area contributed by atoms with Gasteiger partial charge in [-0.1, -0.05) is 55.0 Å². The van der Waals surface area contributed by atoms with Gasteiger partial charge in [0.05, 0.1) is 5.69 Å². The van der Waals surface area contributed by atoms with Crippen LogP contribution < -0.4 is 0 Å². The normalized spacial score (nSPS) is 14.0. The topological polar surface area (TPSA) is 38.1 Å². The van der Waals surface area contributed by atoms with Gasteiger partial charge in [0.2, 0.25) is 0 Å². The fourth-order valence-electron chi connectivity index (χ4n) is 3.58. The van der Waals surface area contributed by atoms with E-state index in [1.165, 1.54) is 19.3 Å². The van der Waals surface area contributed by atoms with Crippen LogP contribution in [0, 0.1) is 12.8 Å². The Morgan fingerprint density at radius 3 is 2.37 bits per heavy atom. The average molecular weight is 359 g/mol. The van der Waals surface area contributed by atoms with Crippen LogP contribution in [-0.2, 0) is 6.54 Å². The summed E-state index contributed by atoms with van der Waals surface area (Å²) in [6.07, 6.45) is 3.71. The maximum absolute atomic E-state index is 13.3. The van der Waals surface area contributed by atoms with Gasteiger partial charge in [-0.05, 0) is 49.4 Å². The molecule has 4 rings (SSSR count). The maximum atomic E-state index is 13.3. The molecule has 2 aromatic carbocycles. The lowest BCUT2D eigenvalue weighted by molar-refractivity contribution is 0.0673. The van der Waals surface area contributed by atoms with E-state index in [0.29, 0.717) is 18.2 Å². The highest BCUT2D eigenvalue weighted by Crippen LogP contribution is 2.28. The number of carbonyl (C=O) groups is 1. The Balaban J connectivity index is 1.59. The van der Waals surface area contributed by atoms with Crippen molar-refractivity contribution >= 4 is 5.91 Å². The number of hydrogen-bond donors (Lipinski definition) is 0. The lowest BCUT2D eigenvalue weighted by atomic mass is 9.85. The highest BCUT2D eigenvalue weighted by Gasteiger charge is 2.26. The number of aryl methyl sites for hydroxylation is 1. The molecule has 1 aromatic heterocycles. The smallest absolute Gasteiger partial charge is 0.274 e. The van der Waals surface area contributed by atoms with E-state index >= 15 is 0 Å². The summed E-state index contributed by atoms with van der Waals surface area (Å²) < 4.78 is 1.84. The first kappa shape index (κ1) is 17.5. The van der Waals surface area contributed by atoms with Gasteiger partial charge in [0.25, 0.3) is 5.91 Å². The lowest BCUT2D eigenvalue weighted by Crippen LogP contribution is -2.37. The molecule has 3 aromatic rings. The zero-order chi connectivity index (χ0) is 18.6. The molecule has 27 heavy (non-hydrogen) atoms. The van der Waals surface area contributed by atoms with E-state index in [2.05, 4.69) is 17.2 Å². The SMILES string of the molecule is Cc1cc(C(=O)N(Cc2ccccc2)CC2CCC2)nn1-c1ccccc1. The number of para-hydroxylation sites is 1. The standard InChI is InChI=1S/C23H25N3O/c1-18-15-22(24-26(18)21-13-6-3-7-14-21)23(27)25(17-20-11-8-12-20)16-19-9-4-2-5-10-19/h2-7,9-10,13-15,20H,8,11-12,16-17H2,1H3. The first-order valence-corrected chi connectivity index (χ1v) is 9.66. The van der Waals surface area contributed by atoms with Crippen LogP contribution in [0.2, 0.25) is 0 Å². The maximum Gasteiger partial charge on any atom is 0.274 e. The zero-order valence-corrected chi connectivity index (χ0v) is 15.7. The minimum Gasteiger partial charge on any atom is -0.333 e. The Kier molecular flexibility index (Phi) is 5.05. The number of carbonyl (C=O) groups excluding carboxylic acids is 1. The predicted octanol–water partition coefficient (Wildman–Crippen LogP) is 4.62. The van der Waals surface area contributed by atoms with E-state index in [0.717, 1.165) is 23.5 Å². The van der Waals surface area contributed by atoms with E-state index < -0.39 is 0 Å². The molecular formula is C23H25N3O. The molecule has 1 saturated carbocycles. The third-order valence-corrected chi connectivity index (χ3v) is 5.31. The summed E-state index contributed by atoms with van der Waals surface area (Å²) in [4.78, 5) is 15.2. The van der Waals surface area contributed by atoms with Crippen LogP contribution in [0.1, 0.15) is 41.0 Å². The molecule has 1 amide bonds. The van der Waals surface area contributed by atoms with Gasteiger partial charge < -0.3 is 4.90 Å². The summed E-state index contributed by atoms with van der Waals surface area (Å²) in [5.41, 5.74) is 3.62. The molecule has 0 unspecified atom stereocenters. The van der Waals surface area contributed by atoms with E-state index in [1.807, 2.05) is 71.1 Å². The molecular weight excluding hydrogens is 334 g/mol. The molecule has 4 nitrogen and oxygen atoms in total. The van der Waals surface area contributed by atoms with Gasteiger partial charge in [-0.15, -0.1) is 0 Å². The van der Waals surface area contributed by atoms with Crippen LogP contribution >= 0.6 is 0 Å². The van der Waals surface area contributed by atoms with Gasteiger partial charge >= 0.3 is 0 Å². The van der Waals surface area contributed by atoms with E-state index in [-0.39, 0.29) is 5.91 Å². The average Bonchev–Trinajstić information content (AvgIpc) is 3.06. The molecule has 1 aliphatic carbocycles. The van der Waals surface area contributed by atoms with Crippen molar-refractivity contribution < 1.29 is 4.79 Å². The van der Waals surface area contributed by atoms with Gasteiger partial charge in [0, 0.05) is 18.8 Å². The van der Waals surface area contributed by atoms with Crippen molar-refractivity contribution in [1.29, 1.82) is 0 Å². The van der Waals surface area contributed by atoms with Crippen molar-refractivity contribution in [3.05, 3.63) is 83.7 Å². The molecule has 4 heteroatoms. The number of hydrogen-bond acceptors (Lipinski definition) is 2. The third-order valence-electron chi connectivity index (χ3n) is 5.31. The Morgan fingerprint density at radius 1 is 1.07 bits per heavy atom. The molecule has 0 aliphatic heterocycles. The van der Waals surface area contributed by atoms with Crippen molar-refractivity contribution in [2.24, 2.45) is 5.92 Å². The molecule has 1 fully saturated rings. The third kappa shape index (κ3) is 3.95. The van der Waals surface area contributed by atoms with Crippen LogP contribution in [0.15, 0.2) is 66.7 Å². The molecule has 0 spiro atoms. The Morgan fingerprint density at radius 2 is 1.74 bits per heavy atom. The largest absolute Gasteiger partial charge is 0.333 e. The monoisotopic (exact) mass is 359 g/mol. The van der Waals surface area contributed by atoms with Crippen LogP contribution in [-0.4, -0.2) is 27.1 Å². The Hall–Kier alpha value is -2.88.